The molecule has 0 aliphatic rings. The summed E-state index contributed by atoms with van der Waals surface area (Å²) in [5, 5.41) is 9.48. The van der Waals surface area contributed by atoms with Crippen molar-refractivity contribution in [3.05, 3.63) is 65.7 Å². The van der Waals surface area contributed by atoms with E-state index in [0.717, 1.165) is 0 Å². The van der Waals surface area contributed by atoms with Crippen molar-refractivity contribution in [2.24, 2.45) is 0 Å². The number of aromatic hydroxyl groups is 1. The monoisotopic (exact) mass is 258 g/mol. The molecule has 0 aromatic heterocycles. The topological polar surface area (TPSA) is 54.4 Å². The van der Waals surface area contributed by atoms with Crippen LogP contribution in [0.1, 0.15) is 20.7 Å². The highest BCUT2D eigenvalue weighted by molar-refractivity contribution is 6.19. The Labute approximate surface area is 109 Å². The van der Waals surface area contributed by atoms with E-state index in [1.54, 1.807) is 18.2 Å². The molecular weight excluding hydrogens is 247 g/mol. The van der Waals surface area contributed by atoms with Crippen LogP contribution >= 0.6 is 0 Å². The Morgan fingerprint density at radius 2 is 1.47 bits per heavy atom. The zero-order valence-corrected chi connectivity index (χ0v) is 9.92. The fourth-order valence-corrected chi connectivity index (χ4v) is 1.69. The number of alkyl halides is 1. The number of carbonyl (C=O) groups is 2. The van der Waals surface area contributed by atoms with Crippen molar-refractivity contribution in [3.63, 3.8) is 0 Å². The van der Waals surface area contributed by atoms with Crippen LogP contribution in [-0.2, 0) is 0 Å². The number of para-hydroxylation sites is 1. The molecule has 2 rings (SSSR count). The Morgan fingerprint density at radius 1 is 0.895 bits per heavy atom. The molecule has 0 aliphatic heterocycles. The van der Waals surface area contributed by atoms with Gasteiger partial charge in [-0.2, -0.15) is 0 Å². The van der Waals surface area contributed by atoms with Gasteiger partial charge in [0.05, 0.1) is 5.56 Å². The van der Waals surface area contributed by atoms with Crippen LogP contribution in [0.2, 0.25) is 0 Å². The summed E-state index contributed by atoms with van der Waals surface area (Å²) in [5.74, 6) is -2.28. The third kappa shape index (κ3) is 2.68. The molecule has 0 spiro atoms. The van der Waals surface area contributed by atoms with E-state index in [1.165, 1.54) is 36.4 Å². The number of hydrogen-bond acceptors (Lipinski definition) is 3. The van der Waals surface area contributed by atoms with Gasteiger partial charge in [-0.15, -0.1) is 0 Å². The molecule has 1 unspecified atom stereocenters. The lowest BCUT2D eigenvalue weighted by Gasteiger charge is -2.07. The first-order chi connectivity index (χ1) is 9.11. The van der Waals surface area contributed by atoms with Crippen LogP contribution in [0.5, 0.6) is 5.75 Å². The van der Waals surface area contributed by atoms with Crippen LogP contribution in [0.15, 0.2) is 54.6 Å². The summed E-state index contributed by atoms with van der Waals surface area (Å²) in [6.07, 6.45) is -2.31. The van der Waals surface area contributed by atoms with E-state index < -0.39 is 17.7 Å². The van der Waals surface area contributed by atoms with Crippen LogP contribution in [0.3, 0.4) is 0 Å². The summed E-state index contributed by atoms with van der Waals surface area (Å²) in [7, 11) is 0. The van der Waals surface area contributed by atoms with Gasteiger partial charge in [0.15, 0.2) is 0 Å². The number of rotatable bonds is 4. The lowest BCUT2D eigenvalue weighted by molar-refractivity contribution is 0.0757. The minimum atomic E-state index is -2.31. The summed E-state index contributed by atoms with van der Waals surface area (Å²) >= 11 is 0. The van der Waals surface area contributed by atoms with Crippen LogP contribution in [0.25, 0.3) is 0 Å². The lowest BCUT2D eigenvalue weighted by Crippen LogP contribution is -2.26. The highest BCUT2D eigenvalue weighted by Crippen LogP contribution is 2.20. The summed E-state index contributed by atoms with van der Waals surface area (Å²) in [6, 6.07) is 13.3. The first kappa shape index (κ1) is 13.0. The van der Waals surface area contributed by atoms with Crippen molar-refractivity contribution in [2.75, 3.05) is 0 Å². The maximum atomic E-state index is 13.9. The average molecular weight is 258 g/mol. The Kier molecular flexibility index (Phi) is 3.71. The Hall–Kier alpha value is -2.49. The molecule has 0 saturated carbocycles. The predicted molar refractivity (Wildman–Crippen MR) is 68.1 cm³/mol. The lowest BCUT2D eigenvalue weighted by atomic mass is 9.99. The average Bonchev–Trinajstić information content (AvgIpc) is 2.46. The molecule has 1 N–H and O–H groups in total. The van der Waals surface area contributed by atoms with Gasteiger partial charge in [0.25, 0.3) is 0 Å². The number of phenols is 1. The molecule has 2 aromatic carbocycles. The first-order valence-corrected chi connectivity index (χ1v) is 5.67. The fraction of sp³-hybridized carbons (Fsp3) is 0.0667. The Balaban J connectivity index is 2.26. The van der Waals surface area contributed by atoms with E-state index >= 15 is 0 Å². The van der Waals surface area contributed by atoms with Gasteiger partial charge in [0.1, 0.15) is 5.75 Å². The van der Waals surface area contributed by atoms with Gasteiger partial charge in [0, 0.05) is 5.56 Å². The van der Waals surface area contributed by atoms with Crippen molar-refractivity contribution >= 4 is 11.6 Å². The summed E-state index contributed by atoms with van der Waals surface area (Å²) in [4.78, 5) is 23.6. The quantitative estimate of drug-likeness (QED) is 0.677. The van der Waals surface area contributed by atoms with Crippen LogP contribution in [-0.4, -0.2) is 22.8 Å². The molecule has 0 bridgehead atoms. The summed E-state index contributed by atoms with van der Waals surface area (Å²) in [5.41, 5.74) is -0.0712. The van der Waals surface area contributed by atoms with Gasteiger partial charge in [-0.05, 0) is 12.1 Å². The molecule has 0 saturated heterocycles. The first-order valence-electron chi connectivity index (χ1n) is 5.67. The van der Waals surface area contributed by atoms with Crippen molar-refractivity contribution in [2.45, 2.75) is 6.17 Å². The van der Waals surface area contributed by atoms with Crippen molar-refractivity contribution in [1.29, 1.82) is 0 Å². The Bertz CT molecular complexity index is 608. The second-order valence-corrected chi connectivity index (χ2v) is 3.97. The second-order valence-electron chi connectivity index (χ2n) is 3.97. The van der Waals surface area contributed by atoms with Gasteiger partial charge in [-0.25, -0.2) is 4.39 Å². The van der Waals surface area contributed by atoms with Crippen LogP contribution in [0.4, 0.5) is 4.39 Å². The van der Waals surface area contributed by atoms with E-state index in [1.807, 2.05) is 0 Å². The minimum Gasteiger partial charge on any atom is -0.507 e. The normalized spacial score (nSPS) is 11.8. The molecule has 1 atom stereocenters. The second kappa shape index (κ2) is 5.44. The summed E-state index contributed by atoms with van der Waals surface area (Å²) in [6.45, 7) is 0. The van der Waals surface area contributed by atoms with E-state index in [4.69, 9.17) is 0 Å². The van der Waals surface area contributed by atoms with Crippen LogP contribution in [0, 0.1) is 0 Å². The highest BCUT2D eigenvalue weighted by Gasteiger charge is 2.29. The predicted octanol–water partition coefficient (Wildman–Crippen LogP) is 2.80. The van der Waals surface area contributed by atoms with Gasteiger partial charge in [-0.3, -0.25) is 9.59 Å². The van der Waals surface area contributed by atoms with Gasteiger partial charge >= 0.3 is 0 Å². The van der Waals surface area contributed by atoms with Gasteiger partial charge in [0.2, 0.25) is 17.7 Å². The van der Waals surface area contributed by atoms with Crippen molar-refractivity contribution in [3.8, 4) is 5.75 Å². The maximum absolute atomic E-state index is 13.9. The zero-order valence-electron chi connectivity index (χ0n) is 9.92. The number of carbonyl (C=O) groups excluding carboxylic acids is 2. The molecule has 0 heterocycles. The maximum Gasteiger partial charge on any atom is 0.225 e. The smallest absolute Gasteiger partial charge is 0.225 e. The Morgan fingerprint density at radius 3 is 2.11 bits per heavy atom. The number of benzene rings is 2. The number of hydrogen-bond donors (Lipinski definition) is 1. The van der Waals surface area contributed by atoms with E-state index in [-0.39, 0.29) is 16.9 Å². The standard InChI is InChI=1S/C15H11FO3/c16-13(14(18)10-6-2-1-3-7-10)15(19)11-8-4-5-9-12(11)17/h1-9,13,17H. The van der Waals surface area contributed by atoms with E-state index in [9.17, 15) is 19.1 Å². The number of halogens is 1. The molecule has 2 aromatic rings. The molecule has 0 fully saturated rings. The third-order valence-corrected chi connectivity index (χ3v) is 2.69. The van der Waals surface area contributed by atoms with Crippen molar-refractivity contribution in [1.82, 2.24) is 0 Å². The van der Waals surface area contributed by atoms with Gasteiger partial charge < -0.3 is 5.11 Å². The number of ketones is 2. The molecule has 0 aliphatic carbocycles. The number of phenolic OH excluding ortho intramolecular Hbond substituents is 1. The molecule has 3 nitrogen and oxygen atoms in total. The molecule has 0 radical (unpaired) electrons. The zero-order chi connectivity index (χ0) is 13.8. The molecular formula is C15H11FO3. The van der Waals surface area contributed by atoms with Crippen molar-refractivity contribution < 1.29 is 19.1 Å². The molecule has 0 amide bonds. The summed E-state index contributed by atoms with van der Waals surface area (Å²) < 4.78 is 13.9. The van der Waals surface area contributed by atoms with Crippen LogP contribution < -0.4 is 0 Å². The molecule has 4 heteroatoms. The highest BCUT2D eigenvalue weighted by atomic mass is 19.1. The van der Waals surface area contributed by atoms with E-state index in [0.29, 0.717) is 0 Å². The van der Waals surface area contributed by atoms with Gasteiger partial charge in [-0.1, -0.05) is 42.5 Å². The molecule has 96 valence electrons. The number of Topliss-reactive ketones (excluding diaryl/α,β-unsaturated/α-hetero) is 2. The SMILES string of the molecule is O=C(c1ccccc1)C(F)C(=O)c1ccccc1O. The van der Waals surface area contributed by atoms with E-state index in [2.05, 4.69) is 0 Å². The third-order valence-electron chi connectivity index (χ3n) is 2.69. The largest absolute Gasteiger partial charge is 0.507 e. The molecule has 19 heavy (non-hydrogen) atoms. The minimum absolute atomic E-state index is 0.124. The fourth-order valence-electron chi connectivity index (χ4n) is 1.69.